The number of carboxylic acid groups (broad SMARTS) is 1. The van der Waals surface area contributed by atoms with Gasteiger partial charge in [-0.05, 0) is 25.1 Å². The van der Waals surface area contributed by atoms with Gasteiger partial charge in [0.2, 0.25) is 5.91 Å². The van der Waals surface area contributed by atoms with Crippen LogP contribution in [-0.4, -0.2) is 39.6 Å². The van der Waals surface area contributed by atoms with Crippen molar-refractivity contribution >= 4 is 40.9 Å². The Kier molecular flexibility index (Phi) is 6.27. The number of hydrogen-bond donors (Lipinski definition) is 1. The van der Waals surface area contributed by atoms with Crippen molar-refractivity contribution in [1.82, 2.24) is 4.90 Å². The van der Waals surface area contributed by atoms with Crippen LogP contribution in [0.1, 0.15) is 21.9 Å². The van der Waals surface area contributed by atoms with Crippen molar-refractivity contribution in [3.8, 4) is 0 Å². The van der Waals surface area contributed by atoms with E-state index >= 15 is 0 Å². The molecule has 1 heterocycles. The number of benzene rings is 1. The number of carboxylic acids is 1. The molecule has 1 aromatic heterocycles. The minimum atomic E-state index is -1.10. The lowest BCUT2D eigenvalue weighted by molar-refractivity contribution is -0.387. The second kappa shape index (κ2) is 8.24. The first-order valence-corrected chi connectivity index (χ1v) is 8.68. The molecule has 0 aliphatic rings. The molecule has 0 radical (unpaired) electrons. The number of hydrogen-bond acceptors (Lipinski definition) is 6. The summed E-state index contributed by atoms with van der Waals surface area (Å²) < 4.78 is 5.34. The summed E-state index contributed by atoms with van der Waals surface area (Å²) in [6.07, 6.45) is 0. The van der Waals surface area contributed by atoms with Crippen LogP contribution >= 0.6 is 23.4 Å². The molecule has 1 amide bonds. The zero-order valence-corrected chi connectivity index (χ0v) is 15.5. The standard InChI is InChI=1S/C16H15ClN2O6S/c1-9-12(16(21)22)6-11(25-9)7-18(2)15(20)8-26-14-4-3-10(17)5-13(14)19(23)24/h3-6H,7-8H2,1-2H3,(H,21,22). The summed E-state index contributed by atoms with van der Waals surface area (Å²) in [5.74, 6) is -0.801. The minimum absolute atomic E-state index is 0.0234. The van der Waals surface area contributed by atoms with Crippen LogP contribution in [0, 0.1) is 17.0 Å². The molecule has 0 bridgehead atoms. The fourth-order valence-corrected chi connectivity index (χ4v) is 3.27. The smallest absolute Gasteiger partial charge is 0.339 e. The number of halogens is 1. The maximum atomic E-state index is 12.2. The lowest BCUT2D eigenvalue weighted by Crippen LogP contribution is -2.27. The number of aromatic carboxylic acids is 1. The zero-order chi connectivity index (χ0) is 19.4. The molecule has 0 aliphatic carbocycles. The normalized spacial score (nSPS) is 10.6. The Balaban J connectivity index is 2.01. The van der Waals surface area contributed by atoms with Crippen molar-refractivity contribution in [3.05, 3.63) is 56.5 Å². The molecule has 1 aromatic carbocycles. The van der Waals surface area contributed by atoms with Gasteiger partial charge in [0.25, 0.3) is 5.69 Å². The largest absolute Gasteiger partial charge is 0.478 e. The highest BCUT2D eigenvalue weighted by Gasteiger charge is 2.19. The molecule has 138 valence electrons. The van der Waals surface area contributed by atoms with E-state index in [0.717, 1.165) is 11.8 Å². The summed E-state index contributed by atoms with van der Waals surface area (Å²) >= 11 is 6.79. The monoisotopic (exact) mass is 398 g/mol. The number of amides is 1. The Morgan fingerprint density at radius 2 is 2.08 bits per heavy atom. The fraction of sp³-hybridized carbons (Fsp3) is 0.250. The fourth-order valence-electron chi connectivity index (χ4n) is 2.16. The maximum absolute atomic E-state index is 12.2. The molecule has 1 N–H and O–H groups in total. The summed E-state index contributed by atoms with van der Waals surface area (Å²) in [4.78, 5) is 35.5. The molecule has 0 saturated heterocycles. The molecule has 0 atom stereocenters. The highest BCUT2D eigenvalue weighted by atomic mass is 35.5. The Bertz CT molecular complexity index is 866. The van der Waals surface area contributed by atoms with Crippen LogP contribution in [0.4, 0.5) is 5.69 Å². The molecule has 0 saturated carbocycles. The van der Waals surface area contributed by atoms with Crippen molar-refractivity contribution < 1.29 is 24.0 Å². The van der Waals surface area contributed by atoms with Crippen LogP contribution in [-0.2, 0) is 11.3 Å². The van der Waals surface area contributed by atoms with Gasteiger partial charge in [-0.2, -0.15) is 0 Å². The Labute approximate surface area is 157 Å². The molecule has 26 heavy (non-hydrogen) atoms. The lowest BCUT2D eigenvalue weighted by Gasteiger charge is -2.15. The van der Waals surface area contributed by atoms with Crippen LogP contribution in [0.15, 0.2) is 33.6 Å². The number of thioether (sulfide) groups is 1. The van der Waals surface area contributed by atoms with Gasteiger partial charge in [0.05, 0.1) is 22.1 Å². The lowest BCUT2D eigenvalue weighted by atomic mass is 10.2. The predicted molar refractivity (Wildman–Crippen MR) is 95.7 cm³/mol. The van der Waals surface area contributed by atoms with Gasteiger partial charge >= 0.3 is 5.97 Å². The zero-order valence-electron chi connectivity index (χ0n) is 13.9. The Morgan fingerprint density at radius 3 is 2.65 bits per heavy atom. The third kappa shape index (κ3) is 4.77. The van der Waals surface area contributed by atoms with Crippen molar-refractivity contribution in [2.24, 2.45) is 0 Å². The van der Waals surface area contributed by atoms with Crippen LogP contribution in [0.2, 0.25) is 5.02 Å². The summed E-state index contributed by atoms with van der Waals surface area (Å²) in [7, 11) is 1.54. The van der Waals surface area contributed by atoms with E-state index in [1.807, 2.05) is 0 Å². The predicted octanol–water partition coefficient (Wildman–Crippen LogP) is 3.60. The highest BCUT2D eigenvalue weighted by molar-refractivity contribution is 8.00. The van der Waals surface area contributed by atoms with Crippen molar-refractivity contribution in [3.63, 3.8) is 0 Å². The van der Waals surface area contributed by atoms with Gasteiger partial charge < -0.3 is 14.4 Å². The van der Waals surface area contributed by atoms with Crippen molar-refractivity contribution in [2.45, 2.75) is 18.4 Å². The molecule has 8 nitrogen and oxygen atoms in total. The topological polar surface area (TPSA) is 114 Å². The van der Waals surface area contributed by atoms with Gasteiger partial charge in [-0.1, -0.05) is 11.6 Å². The summed E-state index contributed by atoms with van der Waals surface area (Å²) in [5, 5.41) is 20.3. The molecule has 0 unspecified atom stereocenters. The third-order valence-corrected chi connectivity index (χ3v) is 4.77. The molecule has 0 aliphatic heterocycles. The molecule has 0 fully saturated rings. The molecule has 2 aromatic rings. The van der Waals surface area contributed by atoms with Crippen molar-refractivity contribution in [2.75, 3.05) is 12.8 Å². The number of furan rings is 1. The highest BCUT2D eigenvalue weighted by Crippen LogP contribution is 2.31. The number of nitrogens with zero attached hydrogens (tertiary/aromatic N) is 2. The first-order chi connectivity index (χ1) is 12.2. The summed E-state index contributed by atoms with van der Waals surface area (Å²) in [5.41, 5.74) is -0.113. The number of carbonyl (C=O) groups is 2. The van der Waals surface area contributed by atoms with Gasteiger partial charge in [0.1, 0.15) is 17.1 Å². The minimum Gasteiger partial charge on any atom is -0.478 e. The molecule has 0 spiro atoms. The molecular formula is C16H15ClN2O6S. The van der Waals surface area contributed by atoms with E-state index in [-0.39, 0.29) is 40.2 Å². The van der Waals surface area contributed by atoms with Crippen LogP contribution < -0.4 is 0 Å². The number of nitro benzene ring substituents is 1. The first-order valence-electron chi connectivity index (χ1n) is 7.32. The summed E-state index contributed by atoms with van der Waals surface area (Å²) in [6.45, 7) is 1.63. The number of carbonyl (C=O) groups excluding carboxylic acids is 1. The Hall–Kier alpha value is -2.52. The van der Waals surface area contributed by atoms with E-state index in [9.17, 15) is 19.7 Å². The van der Waals surface area contributed by atoms with E-state index in [0.29, 0.717) is 10.7 Å². The van der Waals surface area contributed by atoms with E-state index in [4.69, 9.17) is 21.1 Å². The van der Waals surface area contributed by atoms with E-state index in [1.165, 1.54) is 43.1 Å². The van der Waals surface area contributed by atoms with Crippen LogP contribution in [0.5, 0.6) is 0 Å². The van der Waals surface area contributed by atoms with Crippen molar-refractivity contribution in [1.29, 1.82) is 0 Å². The number of rotatable bonds is 7. The van der Waals surface area contributed by atoms with Gasteiger partial charge in [0, 0.05) is 18.1 Å². The maximum Gasteiger partial charge on any atom is 0.339 e. The first kappa shape index (κ1) is 19.8. The SMILES string of the molecule is Cc1oc(CN(C)C(=O)CSc2ccc(Cl)cc2[N+](=O)[O-])cc1C(=O)O. The van der Waals surface area contributed by atoms with Crippen LogP contribution in [0.25, 0.3) is 0 Å². The van der Waals surface area contributed by atoms with Gasteiger partial charge in [-0.25, -0.2) is 4.79 Å². The van der Waals surface area contributed by atoms with Gasteiger partial charge in [-0.15, -0.1) is 11.8 Å². The quantitative estimate of drug-likeness (QED) is 0.430. The second-order valence-corrected chi connectivity index (χ2v) is 6.85. The molecule has 10 heteroatoms. The number of aryl methyl sites for hydroxylation is 1. The van der Waals surface area contributed by atoms with E-state index in [2.05, 4.69) is 0 Å². The van der Waals surface area contributed by atoms with E-state index in [1.54, 1.807) is 0 Å². The average molecular weight is 399 g/mol. The average Bonchev–Trinajstić information content (AvgIpc) is 2.93. The van der Waals surface area contributed by atoms with Gasteiger partial charge in [0.15, 0.2) is 0 Å². The summed E-state index contributed by atoms with van der Waals surface area (Å²) in [6, 6.07) is 5.62. The molecule has 2 rings (SSSR count). The Morgan fingerprint density at radius 1 is 1.38 bits per heavy atom. The molecular weight excluding hydrogens is 384 g/mol. The number of nitro groups is 1. The van der Waals surface area contributed by atoms with Gasteiger partial charge in [-0.3, -0.25) is 14.9 Å². The second-order valence-electron chi connectivity index (χ2n) is 5.40. The van der Waals surface area contributed by atoms with Crippen LogP contribution in [0.3, 0.4) is 0 Å². The third-order valence-electron chi connectivity index (χ3n) is 3.49. The van der Waals surface area contributed by atoms with E-state index < -0.39 is 10.9 Å².